The van der Waals surface area contributed by atoms with E-state index in [0.717, 1.165) is 30.7 Å². The zero-order valence-corrected chi connectivity index (χ0v) is 17.5. The van der Waals surface area contributed by atoms with Crippen LogP contribution in [0.2, 0.25) is 0 Å². The van der Waals surface area contributed by atoms with Crippen molar-refractivity contribution in [1.82, 2.24) is 0 Å². The lowest BCUT2D eigenvalue weighted by Gasteiger charge is -2.29. The zero-order valence-electron chi connectivity index (χ0n) is 17.5. The monoisotopic (exact) mass is 365 g/mol. The molecule has 0 saturated heterocycles. The van der Waals surface area contributed by atoms with E-state index in [4.69, 9.17) is 0 Å². The summed E-state index contributed by atoms with van der Waals surface area (Å²) < 4.78 is 0.917. The third-order valence-corrected chi connectivity index (χ3v) is 5.66. The van der Waals surface area contributed by atoms with E-state index in [2.05, 4.69) is 30.4 Å². The van der Waals surface area contributed by atoms with Crippen molar-refractivity contribution < 1.29 is 9.59 Å². The predicted octanol–water partition coefficient (Wildman–Crippen LogP) is 5.87. The van der Waals surface area contributed by atoms with E-state index >= 15 is 0 Å². The summed E-state index contributed by atoms with van der Waals surface area (Å²) in [4.78, 5) is 4.38. The highest BCUT2D eigenvalue weighted by atomic mass is 16.3. The van der Waals surface area contributed by atoms with Gasteiger partial charge in [-0.15, -0.1) is 0 Å². The number of quaternary nitrogens is 1. The highest BCUT2D eigenvalue weighted by Gasteiger charge is 2.27. The van der Waals surface area contributed by atoms with E-state index in [0.29, 0.717) is 0 Å². The number of aliphatic hydroxyl groups is 1. The van der Waals surface area contributed by atoms with E-state index in [1.165, 1.54) is 89.9 Å². The van der Waals surface area contributed by atoms with E-state index in [1.807, 2.05) is 0 Å². The molecule has 0 fully saturated rings. The Kier molecular flexibility index (Phi) is 14.8. The Morgan fingerprint density at radius 1 is 0.808 bits per heavy atom. The summed E-state index contributed by atoms with van der Waals surface area (Å²) in [6, 6.07) is 0. The molecule has 0 aromatic carbocycles. The number of aliphatic hydroxyl groups excluding tert-OH is 1. The summed E-state index contributed by atoms with van der Waals surface area (Å²) in [6.07, 6.45) is 25.9. The first-order valence-electron chi connectivity index (χ1n) is 11.5. The van der Waals surface area contributed by atoms with Crippen LogP contribution >= 0.6 is 0 Å². The standard InChI is InChI=1S/C23H45N2O/c1-2-3-4-5-6-7-8-9-10-11-12-13-14-15-16-17-19-25(21-22-26)20-18-24-23-25/h9-10,23,26H,2-8,11-22H2,1H3/q+1/b10-9-. The maximum absolute atomic E-state index is 9.24. The Balaban J connectivity index is 1.83. The molecule has 1 aliphatic rings. The molecule has 0 spiro atoms. The Hall–Kier alpha value is -0.670. The second-order valence-corrected chi connectivity index (χ2v) is 8.07. The van der Waals surface area contributed by atoms with E-state index in [1.54, 1.807) is 0 Å². The van der Waals surface area contributed by atoms with Gasteiger partial charge in [0.25, 0.3) is 0 Å². The van der Waals surface area contributed by atoms with Crippen LogP contribution in [0.4, 0.5) is 0 Å². The third kappa shape index (κ3) is 11.9. The molecule has 1 rings (SSSR count). The molecular weight excluding hydrogens is 320 g/mol. The molecule has 1 N–H and O–H groups in total. The molecule has 0 aromatic rings. The Labute approximate surface area is 163 Å². The van der Waals surface area contributed by atoms with Crippen LogP contribution in [0.3, 0.4) is 0 Å². The molecular formula is C23H45N2O+. The summed E-state index contributed by atoms with van der Waals surface area (Å²) in [5, 5.41) is 9.24. The Morgan fingerprint density at radius 2 is 1.38 bits per heavy atom. The van der Waals surface area contributed by atoms with Gasteiger partial charge in [0, 0.05) is 0 Å². The fraction of sp³-hybridized carbons (Fsp3) is 0.870. The molecule has 0 saturated carbocycles. The molecule has 3 heteroatoms. The summed E-state index contributed by atoms with van der Waals surface area (Å²) >= 11 is 0. The minimum absolute atomic E-state index is 0.276. The quantitative estimate of drug-likeness (QED) is 0.184. The van der Waals surface area contributed by atoms with Crippen molar-refractivity contribution in [2.24, 2.45) is 4.99 Å². The predicted molar refractivity (Wildman–Crippen MR) is 115 cm³/mol. The van der Waals surface area contributed by atoms with Crippen molar-refractivity contribution in [3.8, 4) is 0 Å². The molecule has 0 radical (unpaired) electrons. The number of aliphatic imine (C=N–C) groups is 1. The molecule has 1 aliphatic heterocycles. The number of rotatable bonds is 18. The minimum atomic E-state index is 0.276. The maximum atomic E-state index is 9.24. The van der Waals surface area contributed by atoms with Crippen LogP contribution in [0.1, 0.15) is 96.8 Å². The highest BCUT2D eigenvalue weighted by Crippen LogP contribution is 2.14. The number of nitrogens with zero attached hydrogens (tertiary/aromatic N) is 2. The molecule has 1 heterocycles. The van der Waals surface area contributed by atoms with Crippen molar-refractivity contribution in [2.45, 2.75) is 96.8 Å². The van der Waals surface area contributed by atoms with Gasteiger partial charge in [0.1, 0.15) is 13.1 Å². The zero-order chi connectivity index (χ0) is 18.8. The molecule has 1 unspecified atom stereocenters. The van der Waals surface area contributed by atoms with Crippen molar-refractivity contribution in [3.63, 3.8) is 0 Å². The van der Waals surface area contributed by atoms with Gasteiger partial charge in [-0.25, -0.2) is 4.99 Å². The first-order valence-corrected chi connectivity index (χ1v) is 11.5. The van der Waals surface area contributed by atoms with Gasteiger partial charge < -0.3 is 5.11 Å². The number of hydrogen-bond acceptors (Lipinski definition) is 2. The Bertz CT molecular complexity index is 367. The van der Waals surface area contributed by atoms with Gasteiger partial charge in [-0.05, 0) is 38.5 Å². The lowest BCUT2D eigenvalue weighted by molar-refractivity contribution is -0.829. The third-order valence-electron chi connectivity index (χ3n) is 5.66. The maximum Gasteiger partial charge on any atom is 0.185 e. The summed E-state index contributed by atoms with van der Waals surface area (Å²) in [7, 11) is 0. The summed E-state index contributed by atoms with van der Waals surface area (Å²) in [5.41, 5.74) is 0. The minimum Gasteiger partial charge on any atom is -0.390 e. The number of hydrogen-bond donors (Lipinski definition) is 1. The van der Waals surface area contributed by atoms with Crippen LogP contribution in [-0.2, 0) is 0 Å². The van der Waals surface area contributed by atoms with E-state index in [9.17, 15) is 5.11 Å². The van der Waals surface area contributed by atoms with Gasteiger partial charge in [-0.2, -0.15) is 0 Å². The van der Waals surface area contributed by atoms with Crippen molar-refractivity contribution in [3.05, 3.63) is 12.2 Å². The van der Waals surface area contributed by atoms with Crippen LogP contribution < -0.4 is 0 Å². The Morgan fingerprint density at radius 3 is 1.92 bits per heavy atom. The van der Waals surface area contributed by atoms with Crippen molar-refractivity contribution in [1.29, 1.82) is 0 Å². The van der Waals surface area contributed by atoms with Gasteiger partial charge in [0.2, 0.25) is 0 Å². The second kappa shape index (κ2) is 16.5. The molecule has 3 nitrogen and oxygen atoms in total. The summed E-state index contributed by atoms with van der Waals surface area (Å²) in [5.74, 6) is 0. The van der Waals surface area contributed by atoms with E-state index in [-0.39, 0.29) is 6.61 Å². The lowest BCUT2D eigenvalue weighted by atomic mass is 10.1. The van der Waals surface area contributed by atoms with Crippen LogP contribution in [0.5, 0.6) is 0 Å². The topological polar surface area (TPSA) is 32.6 Å². The SMILES string of the molecule is CCCCCCCC/C=C\CCCCCCCC[N+]1(CCO)C=NCC1. The van der Waals surface area contributed by atoms with Gasteiger partial charge in [0.15, 0.2) is 6.34 Å². The van der Waals surface area contributed by atoms with Crippen molar-refractivity contribution >= 4 is 6.34 Å². The number of allylic oxidation sites excluding steroid dienone is 2. The smallest absolute Gasteiger partial charge is 0.185 e. The first-order chi connectivity index (χ1) is 12.8. The summed E-state index contributed by atoms with van der Waals surface area (Å²) in [6.45, 7) is 6.58. The average molecular weight is 366 g/mol. The molecule has 0 aliphatic carbocycles. The van der Waals surface area contributed by atoms with E-state index < -0.39 is 0 Å². The first kappa shape index (κ1) is 23.4. The van der Waals surface area contributed by atoms with Crippen LogP contribution in [0.25, 0.3) is 0 Å². The average Bonchev–Trinajstić information content (AvgIpc) is 3.10. The second-order valence-electron chi connectivity index (χ2n) is 8.07. The van der Waals surface area contributed by atoms with Crippen LogP contribution in [-0.4, -0.2) is 48.7 Å². The van der Waals surface area contributed by atoms with Crippen molar-refractivity contribution in [2.75, 3.05) is 32.8 Å². The van der Waals surface area contributed by atoms with Gasteiger partial charge in [-0.3, -0.25) is 4.48 Å². The molecule has 0 bridgehead atoms. The number of unbranched alkanes of at least 4 members (excludes halogenated alkanes) is 12. The molecule has 152 valence electrons. The van der Waals surface area contributed by atoms with Gasteiger partial charge >= 0.3 is 0 Å². The molecule has 1 atom stereocenters. The fourth-order valence-corrected chi connectivity index (χ4v) is 3.87. The largest absolute Gasteiger partial charge is 0.390 e. The normalized spacial score (nSPS) is 19.8. The van der Waals surface area contributed by atoms with Gasteiger partial charge in [-0.1, -0.05) is 70.4 Å². The van der Waals surface area contributed by atoms with Crippen LogP contribution in [0, 0.1) is 0 Å². The highest BCUT2D eigenvalue weighted by molar-refractivity contribution is 5.48. The van der Waals surface area contributed by atoms with Crippen LogP contribution in [0.15, 0.2) is 17.1 Å². The molecule has 26 heavy (non-hydrogen) atoms. The van der Waals surface area contributed by atoms with Gasteiger partial charge in [0.05, 0.1) is 19.7 Å². The lowest BCUT2D eigenvalue weighted by Crippen LogP contribution is -2.48. The fourth-order valence-electron chi connectivity index (χ4n) is 3.87. The molecule has 0 aromatic heterocycles. The molecule has 0 amide bonds.